The summed E-state index contributed by atoms with van der Waals surface area (Å²) >= 11 is 0. The van der Waals surface area contributed by atoms with Crippen molar-refractivity contribution in [3.05, 3.63) is 36.4 Å². The molecule has 0 saturated carbocycles. The molecule has 2 aromatic rings. The third kappa shape index (κ3) is 1.93. The average Bonchev–Trinajstić information content (AvgIpc) is 2.61. The zero-order chi connectivity index (χ0) is 11.5. The largest absolute Gasteiger partial charge is 0.323 e. The maximum absolute atomic E-state index is 11.0. The van der Waals surface area contributed by atoms with Crippen LogP contribution in [0.25, 0.3) is 5.69 Å². The van der Waals surface area contributed by atoms with E-state index in [1.807, 2.05) is 19.1 Å². The molecule has 2 rings (SSSR count). The molecule has 1 amide bonds. The SMILES string of the molecule is CC(=O)Nc1cnn(-c2ccncc2)c1C. The first-order valence-electron chi connectivity index (χ1n) is 4.91. The van der Waals surface area contributed by atoms with E-state index in [0.717, 1.165) is 17.1 Å². The quantitative estimate of drug-likeness (QED) is 0.828. The molecule has 0 aliphatic rings. The molecule has 0 radical (unpaired) electrons. The van der Waals surface area contributed by atoms with Crippen molar-refractivity contribution in [3.8, 4) is 5.69 Å². The lowest BCUT2D eigenvalue weighted by Crippen LogP contribution is -2.07. The third-order valence-electron chi connectivity index (χ3n) is 2.23. The van der Waals surface area contributed by atoms with E-state index >= 15 is 0 Å². The number of nitrogens with one attached hydrogen (secondary N) is 1. The molecule has 16 heavy (non-hydrogen) atoms. The fourth-order valence-electron chi connectivity index (χ4n) is 1.47. The Morgan fingerprint density at radius 3 is 2.69 bits per heavy atom. The first-order valence-corrected chi connectivity index (χ1v) is 4.91. The number of rotatable bonds is 2. The number of hydrogen-bond donors (Lipinski definition) is 1. The topological polar surface area (TPSA) is 59.8 Å². The standard InChI is InChI=1S/C11H12N4O/c1-8-11(14-9(2)16)7-13-15(8)10-3-5-12-6-4-10/h3-7H,1-2H3,(H,14,16). The highest BCUT2D eigenvalue weighted by Crippen LogP contribution is 2.17. The molecule has 0 atom stereocenters. The predicted molar refractivity (Wildman–Crippen MR) is 60.4 cm³/mol. The van der Waals surface area contributed by atoms with E-state index < -0.39 is 0 Å². The van der Waals surface area contributed by atoms with Crippen LogP contribution in [0, 0.1) is 6.92 Å². The van der Waals surface area contributed by atoms with Gasteiger partial charge < -0.3 is 5.32 Å². The van der Waals surface area contributed by atoms with Gasteiger partial charge in [0.15, 0.2) is 0 Å². The fraction of sp³-hybridized carbons (Fsp3) is 0.182. The van der Waals surface area contributed by atoms with Crippen LogP contribution in [0.5, 0.6) is 0 Å². The summed E-state index contributed by atoms with van der Waals surface area (Å²) in [5, 5.41) is 6.94. The van der Waals surface area contributed by atoms with E-state index in [1.54, 1.807) is 23.3 Å². The van der Waals surface area contributed by atoms with Crippen molar-refractivity contribution in [2.75, 3.05) is 5.32 Å². The van der Waals surface area contributed by atoms with Gasteiger partial charge >= 0.3 is 0 Å². The smallest absolute Gasteiger partial charge is 0.221 e. The number of anilines is 1. The van der Waals surface area contributed by atoms with Crippen molar-refractivity contribution < 1.29 is 4.79 Å². The van der Waals surface area contributed by atoms with Crippen LogP contribution >= 0.6 is 0 Å². The Hall–Kier alpha value is -2.17. The molecule has 0 aliphatic carbocycles. The summed E-state index contributed by atoms with van der Waals surface area (Å²) in [6.07, 6.45) is 5.04. The number of carbonyl (C=O) groups excluding carboxylic acids is 1. The molecule has 0 aliphatic heterocycles. The van der Waals surface area contributed by atoms with Crippen molar-refractivity contribution in [1.82, 2.24) is 14.8 Å². The van der Waals surface area contributed by atoms with E-state index in [9.17, 15) is 4.79 Å². The lowest BCUT2D eigenvalue weighted by Gasteiger charge is -2.04. The van der Waals surface area contributed by atoms with Gasteiger partial charge in [0.2, 0.25) is 5.91 Å². The van der Waals surface area contributed by atoms with Crippen LogP contribution in [0.1, 0.15) is 12.6 Å². The van der Waals surface area contributed by atoms with Gasteiger partial charge in [-0.05, 0) is 19.1 Å². The Labute approximate surface area is 93.1 Å². The molecule has 5 nitrogen and oxygen atoms in total. The van der Waals surface area contributed by atoms with E-state index in [0.29, 0.717) is 0 Å². The number of aromatic nitrogens is 3. The van der Waals surface area contributed by atoms with Crippen LogP contribution in [0.15, 0.2) is 30.7 Å². The maximum atomic E-state index is 11.0. The van der Waals surface area contributed by atoms with Crippen LogP contribution in [0.4, 0.5) is 5.69 Å². The molecule has 0 fully saturated rings. The summed E-state index contributed by atoms with van der Waals surface area (Å²) in [6, 6.07) is 3.72. The fourth-order valence-corrected chi connectivity index (χ4v) is 1.47. The van der Waals surface area contributed by atoms with Gasteiger partial charge in [0, 0.05) is 19.3 Å². The summed E-state index contributed by atoms with van der Waals surface area (Å²) in [5.74, 6) is -0.0996. The molecule has 0 aromatic carbocycles. The minimum Gasteiger partial charge on any atom is -0.323 e. The molecular weight excluding hydrogens is 204 g/mol. The van der Waals surface area contributed by atoms with Crippen molar-refractivity contribution in [3.63, 3.8) is 0 Å². The van der Waals surface area contributed by atoms with Crippen molar-refractivity contribution in [2.24, 2.45) is 0 Å². The van der Waals surface area contributed by atoms with Crippen LogP contribution in [0.2, 0.25) is 0 Å². The highest BCUT2D eigenvalue weighted by molar-refractivity contribution is 5.89. The Balaban J connectivity index is 2.37. The van der Waals surface area contributed by atoms with Crippen LogP contribution in [0.3, 0.4) is 0 Å². The maximum Gasteiger partial charge on any atom is 0.221 e. The summed E-state index contributed by atoms with van der Waals surface area (Å²) in [5.41, 5.74) is 2.54. The molecule has 82 valence electrons. The summed E-state index contributed by atoms with van der Waals surface area (Å²) in [6.45, 7) is 3.38. The van der Waals surface area contributed by atoms with E-state index in [2.05, 4.69) is 15.4 Å². The summed E-state index contributed by atoms with van der Waals surface area (Å²) in [7, 11) is 0. The van der Waals surface area contributed by atoms with Crippen LogP contribution < -0.4 is 5.32 Å². The molecule has 2 heterocycles. The molecule has 1 N–H and O–H groups in total. The van der Waals surface area contributed by atoms with Gasteiger partial charge in [-0.15, -0.1) is 0 Å². The minimum atomic E-state index is -0.0996. The first kappa shape index (κ1) is 10.4. The van der Waals surface area contributed by atoms with E-state index in [1.165, 1.54) is 6.92 Å². The predicted octanol–water partition coefficient (Wildman–Crippen LogP) is 1.53. The van der Waals surface area contributed by atoms with Crippen molar-refractivity contribution >= 4 is 11.6 Å². The molecule has 2 aromatic heterocycles. The second-order valence-corrected chi connectivity index (χ2v) is 3.44. The number of pyridine rings is 1. The zero-order valence-electron chi connectivity index (χ0n) is 9.14. The third-order valence-corrected chi connectivity index (χ3v) is 2.23. The molecule has 5 heteroatoms. The highest BCUT2D eigenvalue weighted by atomic mass is 16.1. The highest BCUT2D eigenvalue weighted by Gasteiger charge is 2.08. The van der Waals surface area contributed by atoms with Gasteiger partial charge in [-0.3, -0.25) is 9.78 Å². The first-order chi connectivity index (χ1) is 7.68. The monoisotopic (exact) mass is 216 g/mol. The molecule has 0 bridgehead atoms. The van der Waals surface area contributed by atoms with Crippen LogP contribution in [-0.4, -0.2) is 20.7 Å². The molecule has 0 spiro atoms. The van der Waals surface area contributed by atoms with Gasteiger partial charge in [0.25, 0.3) is 0 Å². The van der Waals surface area contributed by atoms with Gasteiger partial charge in [-0.25, -0.2) is 4.68 Å². The second-order valence-electron chi connectivity index (χ2n) is 3.44. The van der Waals surface area contributed by atoms with E-state index in [-0.39, 0.29) is 5.91 Å². The number of amides is 1. The summed E-state index contributed by atoms with van der Waals surface area (Å²) in [4.78, 5) is 14.9. The zero-order valence-corrected chi connectivity index (χ0v) is 9.14. The Bertz CT molecular complexity index is 504. The molecule has 0 saturated heterocycles. The van der Waals surface area contributed by atoms with Gasteiger partial charge in [-0.2, -0.15) is 5.10 Å². The number of nitrogens with zero attached hydrogens (tertiary/aromatic N) is 3. The number of hydrogen-bond acceptors (Lipinski definition) is 3. The van der Waals surface area contributed by atoms with Crippen molar-refractivity contribution in [1.29, 1.82) is 0 Å². The van der Waals surface area contributed by atoms with Crippen molar-refractivity contribution in [2.45, 2.75) is 13.8 Å². The Kier molecular flexibility index (Phi) is 2.68. The van der Waals surface area contributed by atoms with E-state index in [4.69, 9.17) is 0 Å². The Morgan fingerprint density at radius 1 is 1.38 bits per heavy atom. The lowest BCUT2D eigenvalue weighted by atomic mass is 10.3. The lowest BCUT2D eigenvalue weighted by molar-refractivity contribution is -0.114. The summed E-state index contributed by atoms with van der Waals surface area (Å²) < 4.78 is 1.76. The number of carbonyl (C=O) groups is 1. The average molecular weight is 216 g/mol. The minimum absolute atomic E-state index is 0.0996. The second kappa shape index (κ2) is 4.14. The van der Waals surface area contributed by atoms with Crippen LogP contribution in [-0.2, 0) is 4.79 Å². The molecule has 0 unspecified atom stereocenters. The van der Waals surface area contributed by atoms with Gasteiger partial charge in [-0.1, -0.05) is 0 Å². The van der Waals surface area contributed by atoms with Gasteiger partial charge in [0.05, 0.1) is 23.3 Å². The Morgan fingerprint density at radius 2 is 2.06 bits per heavy atom. The van der Waals surface area contributed by atoms with Gasteiger partial charge in [0.1, 0.15) is 0 Å². The molecular formula is C11H12N4O. The normalized spacial score (nSPS) is 10.1.